The summed E-state index contributed by atoms with van der Waals surface area (Å²) in [6.07, 6.45) is 1.20. The summed E-state index contributed by atoms with van der Waals surface area (Å²) in [6.45, 7) is 0.318. The van der Waals surface area contributed by atoms with E-state index in [0.29, 0.717) is 23.6 Å². The molecule has 0 heterocycles. The fraction of sp³-hybridized carbons (Fsp3) is 0.455. The van der Waals surface area contributed by atoms with E-state index in [1.54, 1.807) is 12.1 Å². The molecule has 0 saturated carbocycles. The smallest absolute Gasteiger partial charge is 0.148 e. The number of rotatable bonds is 6. The number of nitrogens with two attached hydrogens (primary N) is 1. The summed E-state index contributed by atoms with van der Waals surface area (Å²) >= 11 is 1.41. The summed E-state index contributed by atoms with van der Waals surface area (Å²) < 4.78 is 35.3. The molecule has 0 spiro atoms. The van der Waals surface area contributed by atoms with Gasteiger partial charge in [-0.15, -0.1) is 0 Å². The molecule has 1 rings (SSSR count). The van der Waals surface area contributed by atoms with Crippen molar-refractivity contribution in [3.8, 4) is 0 Å². The molecule has 1 aromatic carbocycles. The topological polar surface area (TPSA) is 60.2 Å². The Balaban J connectivity index is 2.47. The molecule has 17 heavy (non-hydrogen) atoms. The molecule has 0 amide bonds. The highest BCUT2D eigenvalue weighted by Crippen LogP contribution is 2.17. The minimum Gasteiger partial charge on any atom is -0.326 e. The summed E-state index contributed by atoms with van der Waals surface area (Å²) in [7, 11) is -2.93. The van der Waals surface area contributed by atoms with Gasteiger partial charge in [0.1, 0.15) is 15.7 Å². The van der Waals surface area contributed by atoms with Crippen molar-refractivity contribution in [1.29, 1.82) is 0 Å². The molecule has 0 atom stereocenters. The molecule has 0 aliphatic heterocycles. The first kappa shape index (κ1) is 14.5. The predicted octanol–water partition coefficient (Wildman–Crippen LogP) is 1.56. The van der Waals surface area contributed by atoms with Gasteiger partial charge in [-0.05, 0) is 17.2 Å². The highest BCUT2D eigenvalue weighted by molar-refractivity contribution is 7.99. The number of thioether (sulfide) groups is 1. The van der Waals surface area contributed by atoms with Gasteiger partial charge in [-0.1, -0.05) is 12.1 Å². The Bertz CT molecular complexity index is 474. The van der Waals surface area contributed by atoms with Gasteiger partial charge in [-0.25, -0.2) is 12.8 Å². The molecule has 0 radical (unpaired) electrons. The average Bonchev–Trinajstić information content (AvgIpc) is 2.24. The molecule has 96 valence electrons. The lowest BCUT2D eigenvalue weighted by molar-refractivity contribution is 0.603. The monoisotopic (exact) mass is 277 g/mol. The summed E-state index contributed by atoms with van der Waals surface area (Å²) in [4.78, 5) is 0. The fourth-order valence-corrected chi connectivity index (χ4v) is 3.51. The van der Waals surface area contributed by atoms with Gasteiger partial charge in [0, 0.05) is 24.3 Å². The lowest BCUT2D eigenvalue weighted by atomic mass is 10.1. The Kier molecular flexibility index (Phi) is 5.42. The Morgan fingerprint density at radius 2 is 2.12 bits per heavy atom. The molecule has 0 aromatic heterocycles. The van der Waals surface area contributed by atoms with Crippen molar-refractivity contribution in [3.63, 3.8) is 0 Å². The predicted molar refractivity (Wildman–Crippen MR) is 70.2 cm³/mol. The Morgan fingerprint density at radius 1 is 1.41 bits per heavy atom. The Labute approximate surface area is 106 Å². The van der Waals surface area contributed by atoms with Gasteiger partial charge in [-0.2, -0.15) is 11.8 Å². The van der Waals surface area contributed by atoms with Gasteiger partial charge in [0.15, 0.2) is 0 Å². The van der Waals surface area contributed by atoms with E-state index in [0.717, 1.165) is 5.56 Å². The highest BCUT2D eigenvalue weighted by Gasteiger charge is 2.05. The second kappa shape index (κ2) is 6.37. The third-order valence-electron chi connectivity index (χ3n) is 2.21. The van der Waals surface area contributed by atoms with Crippen LogP contribution in [0, 0.1) is 5.82 Å². The number of hydrogen-bond acceptors (Lipinski definition) is 4. The van der Waals surface area contributed by atoms with Crippen molar-refractivity contribution < 1.29 is 12.8 Å². The second-order valence-corrected chi connectivity index (χ2v) is 7.18. The third kappa shape index (κ3) is 5.52. The van der Waals surface area contributed by atoms with Crippen molar-refractivity contribution in [2.45, 2.75) is 12.3 Å². The molecule has 6 heteroatoms. The second-order valence-electron chi connectivity index (χ2n) is 3.81. The van der Waals surface area contributed by atoms with Crippen molar-refractivity contribution in [1.82, 2.24) is 0 Å². The zero-order chi connectivity index (χ0) is 12.9. The van der Waals surface area contributed by atoms with Crippen LogP contribution in [0.1, 0.15) is 11.1 Å². The van der Waals surface area contributed by atoms with E-state index in [-0.39, 0.29) is 11.6 Å². The lowest BCUT2D eigenvalue weighted by Crippen LogP contribution is -2.05. The molecule has 0 bridgehead atoms. The van der Waals surface area contributed by atoms with Gasteiger partial charge in [-0.3, -0.25) is 0 Å². The van der Waals surface area contributed by atoms with Crippen LogP contribution in [0.5, 0.6) is 0 Å². The largest absolute Gasteiger partial charge is 0.326 e. The fourth-order valence-electron chi connectivity index (χ4n) is 1.23. The van der Waals surface area contributed by atoms with E-state index >= 15 is 0 Å². The minimum atomic E-state index is -2.93. The van der Waals surface area contributed by atoms with Gasteiger partial charge in [0.05, 0.1) is 5.75 Å². The van der Waals surface area contributed by atoms with E-state index in [1.807, 2.05) is 0 Å². The molecule has 1 aromatic rings. The van der Waals surface area contributed by atoms with Crippen LogP contribution in [0.2, 0.25) is 0 Å². The van der Waals surface area contributed by atoms with Crippen LogP contribution in [-0.2, 0) is 22.1 Å². The zero-order valence-electron chi connectivity index (χ0n) is 9.65. The van der Waals surface area contributed by atoms with Crippen LogP contribution in [0.4, 0.5) is 4.39 Å². The van der Waals surface area contributed by atoms with Crippen LogP contribution in [-0.4, -0.2) is 26.2 Å². The Morgan fingerprint density at radius 3 is 2.65 bits per heavy atom. The summed E-state index contributed by atoms with van der Waals surface area (Å²) in [5.41, 5.74) is 6.74. The summed E-state index contributed by atoms with van der Waals surface area (Å²) in [5, 5.41) is 0. The van der Waals surface area contributed by atoms with Crippen molar-refractivity contribution in [3.05, 3.63) is 35.1 Å². The molecule has 0 aliphatic rings. The maximum atomic E-state index is 13.5. The van der Waals surface area contributed by atoms with Gasteiger partial charge >= 0.3 is 0 Å². The van der Waals surface area contributed by atoms with Gasteiger partial charge in [0.2, 0.25) is 0 Å². The molecule has 3 nitrogen and oxygen atoms in total. The van der Waals surface area contributed by atoms with Crippen LogP contribution in [0.25, 0.3) is 0 Å². The number of hydrogen-bond donors (Lipinski definition) is 1. The highest BCUT2D eigenvalue weighted by atomic mass is 32.2. The summed E-state index contributed by atoms with van der Waals surface area (Å²) in [5.74, 6) is 0.809. The van der Waals surface area contributed by atoms with Crippen molar-refractivity contribution >= 4 is 21.6 Å². The first-order chi connectivity index (χ1) is 7.92. The average molecular weight is 277 g/mol. The summed E-state index contributed by atoms with van der Waals surface area (Å²) in [6, 6.07) is 4.91. The van der Waals surface area contributed by atoms with E-state index in [4.69, 9.17) is 5.73 Å². The maximum Gasteiger partial charge on any atom is 0.148 e. The Hall–Kier alpha value is -0.590. The molecule has 2 N–H and O–H groups in total. The molecular formula is C11H16FNO2S2. The van der Waals surface area contributed by atoms with Crippen molar-refractivity contribution in [2.75, 3.05) is 17.8 Å². The van der Waals surface area contributed by atoms with Crippen LogP contribution < -0.4 is 5.73 Å². The molecule has 0 aliphatic carbocycles. The minimum absolute atomic E-state index is 0.125. The van der Waals surface area contributed by atoms with Crippen LogP contribution >= 0.6 is 11.8 Å². The van der Waals surface area contributed by atoms with Gasteiger partial charge in [0.25, 0.3) is 0 Å². The normalized spacial score (nSPS) is 11.7. The van der Waals surface area contributed by atoms with E-state index < -0.39 is 9.84 Å². The van der Waals surface area contributed by atoms with E-state index in [9.17, 15) is 12.8 Å². The van der Waals surface area contributed by atoms with E-state index in [2.05, 4.69) is 0 Å². The molecule has 0 unspecified atom stereocenters. The zero-order valence-corrected chi connectivity index (χ0v) is 11.3. The molecule has 0 fully saturated rings. The standard InChI is InChI=1S/C11H16FNO2S2/c1-17(14,15)5-4-16-8-10-3-2-9(7-13)6-11(10)12/h2-3,6H,4-5,7-8,13H2,1H3. The van der Waals surface area contributed by atoms with Gasteiger partial charge < -0.3 is 5.73 Å². The third-order valence-corrected chi connectivity index (χ3v) is 4.42. The number of sulfone groups is 1. The lowest BCUT2D eigenvalue weighted by Gasteiger charge is -2.05. The van der Waals surface area contributed by atoms with E-state index in [1.165, 1.54) is 24.1 Å². The SMILES string of the molecule is CS(=O)(=O)CCSCc1ccc(CN)cc1F. The van der Waals surface area contributed by atoms with Crippen molar-refractivity contribution in [2.24, 2.45) is 5.73 Å². The molecule has 0 saturated heterocycles. The maximum absolute atomic E-state index is 13.5. The number of benzene rings is 1. The first-order valence-electron chi connectivity index (χ1n) is 5.15. The quantitative estimate of drug-likeness (QED) is 0.802. The number of halogens is 1. The van der Waals surface area contributed by atoms with Crippen LogP contribution in [0.3, 0.4) is 0 Å². The first-order valence-corrected chi connectivity index (χ1v) is 8.37. The molecular weight excluding hydrogens is 261 g/mol. The van der Waals surface area contributed by atoms with Crippen LogP contribution in [0.15, 0.2) is 18.2 Å².